The average molecular weight is 257 g/mol. The lowest BCUT2D eigenvalue weighted by molar-refractivity contribution is -0.138. The molecule has 0 aromatic carbocycles. The minimum atomic E-state index is -4.79. The van der Waals surface area contributed by atoms with Gasteiger partial charge < -0.3 is 0 Å². The van der Waals surface area contributed by atoms with Gasteiger partial charge in [-0.1, -0.05) is 0 Å². The van der Waals surface area contributed by atoms with Crippen LogP contribution in [-0.4, -0.2) is 19.2 Å². The summed E-state index contributed by atoms with van der Waals surface area (Å²) in [7, 11) is -4.79. The standard InChI is InChI=1S/C8H7F4NO2S/c9-8(10,11)6-2-1-4-13-7(6)3-5-16(12,14)15/h1-2,4H,3,5H2. The van der Waals surface area contributed by atoms with Crippen LogP contribution in [0.3, 0.4) is 0 Å². The molecule has 0 bridgehead atoms. The maximum atomic E-state index is 12.4. The predicted molar refractivity (Wildman–Crippen MR) is 47.8 cm³/mol. The smallest absolute Gasteiger partial charge is 0.261 e. The van der Waals surface area contributed by atoms with E-state index < -0.39 is 39.8 Å². The van der Waals surface area contributed by atoms with Crippen LogP contribution in [0.5, 0.6) is 0 Å². The topological polar surface area (TPSA) is 47.0 Å². The van der Waals surface area contributed by atoms with Crippen molar-refractivity contribution in [2.45, 2.75) is 12.6 Å². The summed E-state index contributed by atoms with van der Waals surface area (Å²) >= 11 is 0. The highest BCUT2D eigenvalue weighted by molar-refractivity contribution is 7.86. The molecule has 3 nitrogen and oxygen atoms in total. The molecule has 0 unspecified atom stereocenters. The number of pyridine rings is 1. The lowest BCUT2D eigenvalue weighted by Crippen LogP contribution is -2.13. The van der Waals surface area contributed by atoms with Crippen molar-refractivity contribution < 1.29 is 25.5 Å². The molecule has 0 radical (unpaired) electrons. The zero-order chi connectivity index (χ0) is 12.4. The summed E-state index contributed by atoms with van der Waals surface area (Å²) < 4.78 is 69.7. The zero-order valence-corrected chi connectivity index (χ0v) is 8.65. The first-order chi connectivity index (χ1) is 7.20. The molecule has 0 saturated heterocycles. The van der Waals surface area contributed by atoms with Crippen LogP contribution in [0.4, 0.5) is 17.1 Å². The Morgan fingerprint density at radius 1 is 1.31 bits per heavy atom. The summed E-state index contributed by atoms with van der Waals surface area (Å²) in [5.74, 6) is -1.01. The molecule has 1 rings (SSSR count). The molecule has 0 amide bonds. The van der Waals surface area contributed by atoms with Crippen LogP contribution in [0.2, 0.25) is 0 Å². The first-order valence-electron chi connectivity index (χ1n) is 4.13. The minimum Gasteiger partial charge on any atom is -0.261 e. The first-order valence-corrected chi connectivity index (χ1v) is 5.69. The minimum absolute atomic E-state index is 0.476. The molecule has 1 aromatic rings. The summed E-state index contributed by atoms with van der Waals surface area (Å²) in [5.41, 5.74) is -1.52. The number of rotatable bonds is 3. The van der Waals surface area contributed by atoms with Gasteiger partial charge >= 0.3 is 16.4 Å². The van der Waals surface area contributed by atoms with Gasteiger partial charge in [-0.25, -0.2) is 0 Å². The van der Waals surface area contributed by atoms with Crippen molar-refractivity contribution in [2.75, 3.05) is 5.75 Å². The van der Waals surface area contributed by atoms with Crippen molar-refractivity contribution in [3.8, 4) is 0 Å². The van der Waals surface area contributed by atoms with Gasteiger partial charge in [0.15, 0.2) is 0 Å². The molecule has 0 aliphatic rings. The van der Waals surface area contributed by atoms with Crippen LogP contribution < -0.4 is 0 Å². The molecule has 0 aliphatic heterocycles. The number of hydrogen-bond acceptors (Lipinski definition) is 3. The number of aryl methyl sites for hydroxylation is 1. The highest BCUT2D eigenvalue weighted by atomic mass is 32.3. The van der Waals surface area contributed by atoms with E-state index in [-0.39, 0.29) is 0 Å². The van der Waals surface area contributed by atoms with Crippen molar-refractivity contribution in [3.05, 3.63) is 29.6 Å². The van der Waals surface area contributed by atoms with Gasteiger partial charge in [-0.15, -0.1) is 3.89 Å². The molecule has 0 fully saturated rings. The van der Waals surface area contributed by atoms with Gasteiger partial charge in [0.05, 0.1) is 17.0 Å². The Balaban J connectivity index is 2.97. The molecule has 0 spiro atoms. The van der Waals surface area contributed by atoms with Gasteiger partial charge in [-0.05, 0) is 12.1 Å². The van der Waals surface area contributed by atoms with Crippen LogP contribution in [0.25, 0.3) is 0 Å². The fourth-order valence-electron chi connectivity index (χ4n) is 1.11. The Morgan fingerprint density at radius 2 is 1.94 bits per heavy atom. The summed E-state index contributed by atoms with van der Waals surface area (Å²) in [4.78, 5) is 3.40. The van der Waals surface area contributed by atoms with Crippen LogP contribution >= 0.6 is 0 Å². The summed E-state index contributed by atoms with van der Waals surface area (Å²) in [6.45, 7) is 0. The first kappa shape index (κ1) is 12.9. The number of nitrogens with zero attached hydrogens (tertiary/aromatic N) is 1. The largest absolute Gasteiger partial charge is 0.418 e. The second kappa shape index (κ2) is 4.36. The fourth-order valence-corrected chi connectivity index (χ4v) is 1.55. The molecule has 0 atom stereocenters. The highest BCUT2D eigenvalue weighted by Crippen LogP contribution is 2.31. The van der Waals surface area contributed by atoms with E-state index in [9.17, 15) is 25.5 Å². The Labute approximate surface area is 89.3 Å². The van der Waals surface area contributed by atoms with E-state index in [0.29, 0.717) is 0 Å². The Morgan fingerprint density at radius 3 is 2.44 bits per heavy atom. The maximum absolute atomic E-state index is 12.4. The SMILES string of the molecule is O=S(=O)(F)CCc1ncccc1C(F)(F)F. The summed E-state index contributed by atoms with van der Waals surface area (Å²) in [5, 5.41) is 0. The lowest BCUT2D eigenvalue weighted by Gasteiger charge is -2.10. The van der Waals surface area contributed by atoms with Crippen molar-refractivity contribution in [1.82, 2.24) is 4.98 Å². The normalized spacial score (nSPS) is 12.8. The summed E-state index contributed by atoms with van der Waals surface area (Å²) in [6, 6.07) is 1.85. The van der Waals surface area contributed by atoms with Crippen molar-refractivity contribution >= 4 is 10.2 Å². The molecule has 0 saturated carbocycles. The Bertz CT molecular complexity index is 469. The van der Waals surface area contributed by atoms with Crippen LogP contribution in [-0.2, 0) is 22.8 Å². The van der Waals surface area contributed by atoms with Crippen molar-refractivity contribution in [2.24, 2.45) is 0 Å². The molecular weight excluding hydrogens is 250 g/mol. The number of alkyl halides is 3. The number of aromatic nitrogens is 1. The van der Waals surface area contributed by atoms with Gasteiger partial charge in [0.25, 0.3) is 0 Å². The molecule has 1 heterocycles. The monoisotopic (exact) mass is 257 g/mol. The van der Waals surface area contributed by atoms with Crippen LogP contribution in [0.1, 0.15) is 11.3 Å². The van der Waals surface area contributed by atoms with Crippen LogP contribution in [0.15, 0.2) is 18.3 Å². The Kier molecular flexibility index (Phi) is 3.51. The third-order valence-corrected chi connectivity index (χ3v) is 2.47. The second-order valence-corrected chi connectivity index (χ2v) is 4.47. The number of hydrogen-bond donors (Lipinski definition) is 0. The van der Waals surface area contributed by atoms with E-state index >= 15 is 0 Å². The van der Waals surface area contributed by atoms with E-state index in [0.717, 1.165) is 18.3 Å². The maximum Gasteiger partial charge on any atom is 0.418 e. The van der Waals surface area contributed by atoms with E-state index in [1.165, 1.54) is 0 Å². The molecule has 0 aliphatic carbocycles. The van der Waals surface area contributed by atoms with Gasteiger partial charge in [0.1, 0.15) is 0 Å². The second-order valence-electron chi connectivity index (χ2n) is 2.99. The van der Waals surface area contributed by atoms with E-state index in [1.807, 2.05) is 0 Å². The quantitative estimate of drug-likeness (QED) is 0.614. The van der Waals surface area contributed by atoms with Crippen LogP contribution in [0, 0.1) is 0 Å². The number of halogens is 4. The van der Waals surface area contributed by atoms with Crippen molar-refractivity contribution in [3.63, 3.8) is 0 Å². The zero-order valence-electron chi connectivity index (χ0n) is 7.83. The molecular formula is C8H7F4NO2S. The van der Waals surface area contributed by atoms with E-state index in [2.05, 4.69) is 4.98 Å². The Hall–Kier alpha value is -1.18. The molecule has 0 N–H and O–H groups in total. The fraction of sp³-hybridized carbons (Fsp3) is 0.375. The average Bonchev–Trinajstić information content (AvgIpc) is 2.12. The van der Waals surface area contributed by atoms with E-state index in [1.54, 1.807) is 0 Å². The van der Waals surface area contributed by atoms with E-state index in [4.69, 9.17) is 0 Å². The van der Waals surface area contributed by atoms with Gasteiger partial charge in [0.2, 0.25) is 0 Å². The van der Waals surface area contributed by atoms with Gasteiger partial charge in [0, 0.05) is 12.6 Å². The molecule has 1 aromatic heterocycles. The predicted octanol–water partition coefficient (Wildman–Crippen LogP) is 1.94. The van der Waals surface area contributed by atoms with Gasteiger partial charge in [-0.3, -0.25) is 4.98 Å². The lowest BCUT2D eigenvalue weighted by atomic mass is 10.1. The third kappa shape index (κ3) is 3.76. The van der Waals surface area contributed by atoms with Gasteiger partial charge in [-0.2, -0.15) is 21.6 Å². The third-order valence-electron chi connectivity index (χ3n) is 1.78. The molecule has 8 heteroatoms. The van der Waals surface area contributed by atoms with Crippen molar-refractivity contribution in [1.29, 1.82) is 0 Å². The highest BCUT2D eigenvalue weighted by Gasteiger charge is 2.33. The molecule has 16 heavy (non-hydrogen) atoms. The summed E-state index contributed by atoms with van der Waals surface area (Å²) in [6.07, 6.45) is -4.13. The molecule has 90 valence electrons.